The summed E-state index contributed by atoms with van der Waals surface area (Å²) in [6, 6.07) is 20.4. The fourth-order valence-electron chi connectivity index (χ4n) is 3.79. The van der Waals surface area contributed by atoms with Crippen molar-refractivity contribution in [2.45, 2.75) is 36.8 Å². The van der Waals surface area contributed by atoms with Gasteiger partial charge in [-0.15, -0.1) is 0 Å². The highest BCUT2D eigenvalue weighted by Gasteiger charge is 2.17. The molecule has 23 heavy (non-hydrogen) atoms. The van der Waals surface area contributed by atoms with Crippen LogP contribution in [0, 0.1) is 0 Å². The van der Waals surface area contributed by atoms with Crippen molar-refractivity contribution in [2.75, 3.05) is 0 Å². The van der Waals surface area contributed by atoms with E-state index < -0.39 is 0 Å². The minimum atomic E-state index is 0.658. The molecule has 2 aromatic carbocycles. The largest absolute Gasteiger partial charge is 0.0764 e. The summed E-state index contributed by atoms with van der Waals surface area (Å²) in [4.78, 5) is 0. The van der Waals surface area contributed by atoms with E-state index in [0.717, 1.165) is 9.52 Å². The average Bonchev–Trinajstić information content (AvgIpc) is 3.19. The molecule has 0 amide bonds. The third-order valence-corrected chi connectivity index (χ3v) is 6.36. The summed E-state index contributed by atoms with van der Waals surface area (Å²) in [5.74, 6) is 1.32. The topological polar surface area (TPSA) is 0 Å². The molecule has 2 aromatic rings. The van der Waals surface area contributed by atoms with Crippen LogP contribution < -0.4 is 0 Å². The van der Waals surface area contributed by atoms with Gasteiger partial charge in [-0.05, 0) is 35.1 Å². The highest BCUT2D eigenvalue weighted by molar-refractivity contribution is 6.35. The monoisotopic (exact) mass is 314 g/mol. The van der Waals surface area contributed by atoms with E-state index in [1.165, 1.54) is 47.2 Å². The molecule has 0 N–H and O–H groups in total. The van der Waals surface area contributed by atoms with Crippen LogP contribution in [0.2, 0.25) is 12.1 Å². The van der Waals surface area contributed by atoms with Crippen molar-refractivity contribution in [2.24, 2.45) is 0 Å². The van der Waals surface area contributed by atoms with Gasteiger partial charge in [-0.1, -0.05) is 84.9 Å². The van der Waals surface area contributed by atoms with E-state index in [-0.39, 0.29) is 0 Å². The zero-order valence-corrected chi connectivity index (χ0v) is 14.4. The van der Waals surface area contributed by atoms with E-state index in [9.17, 15) is 0 Å². The predicted octanol–water partition coefficient (Wildman–Crippen LogP) is 5.93. The number of hydrogen-bond donors (Lipinski definition) is 0. The molecule has 2 atom stereocenters. The Bertz CT molecular complexity index is 678. The van der Waals surface area contributed by atoms with E-state index in [0.29, 0.717) is 11.8 Å². The first kappa shape index (κ1) is 14.7. The maximum atomic E-state index is 2.39. The summed E-state index contributed by atoms with van der Waals surface area (Å²) < 4.78 is 0. The minimum Gasteiger partial charge on any atom is -0.0764 e. The number of hydrogen-bond acceptors (Lipinski definition) is 0. The van der Waals surface area contributed by atoms with Gasteiger partial charge in [0.2, 0.25) is 0 Å². The SMILES string of the molecule is C1=CC(CC[Si]CCC2C=Cc3ccccc32)c2ccccc21. The Labute approximate surface area is 141 Å². The number of allylic oxidation sites excluding steroid dienone is 2. The summed E-state index contributed by atoms with van der Waals surface area (Å²) >= 11 is 0. The van der Waals surface area contributed by atoms with Crippen LogP contribution in [-0.2, 0) is 0 Å². The predicted molar refractivity (Wildman–Crippen MR) is 101 cm³/mol. The van der Waals surface area contributed by atoms with Crippen molar-refractivity contribution in [3.63, 3.8) is 0 Å². The lowest BCUT2D eigenvalue weighted by molar-refractivity contribution is 0.791. The molecule has 2 unspecified atom stereocenters. The Balaban J connectivity index is 1.22. The fraction of sp³-hybridized carbons (Fsp3) is 0.273. The van der Waals surface area contributed by atoms with Gasteiger partial charge in [-0.2, -0.15) is 0 Å². The lowest BCUT2D eigenvalue weighted by Crippen LogP contribution is -1.99. The smallest absolute Gasteiger partial charge is 0.0378 e. The Kier molecular flexibility index (Phi) is 4.30. The molecule has 0 saturated carbocycles. The summed E-state index contributed by atoms with van der Waals surface area (Å²) in [7, 11) is 1.09. The minimum absolute atomic E-state index is 0.658. The Morgan fingerprint density at radius 3 is 1.65 bits per heavy atom. The van der Waals surface area contributed by atoms with E-state index in [4.69, 9.17) is 0 Å². The van der Waals surface area contributed by atoms with Crippen LogP contribution in [0.3, 0.4) is 0 Å². The van der Waals surface area contributed by atoms with Crippen molar-refractivity contribution in [1.29, 1.82) is 0 Å². The summed E-state index contributed by atoms with van der Waals surface area (Å²) in [5.41, 5.74) is 5.91. The Morgan fingerprint density at radius 1 is 0.652 bits per heavy atom. The van der Waals surface area contributed by atoms with E-state index >= 15 is 0 Å². The van der Waals surface area contributed by atoms with Gasteiger partial charge in [0.25, 0.3) is 0 Å². The molecule has 2 radical (unpaired) electrons. The molecule has 0 saturated heterocycles. The number of fused-ring (bicyclic) bond motifs is 2. The summed E-state index contributed by atoms with van der Waals surface area (Å²) in [6.45, 7) is 0. The van der Waals surface area contributed by atoms with Gasteiger partial charge < -0.3 is 0 Å². The van der Waals surface area contributed by atoms with E-state index in [1.807, 2.05) is 0 Å². The standard InChI is InChI=1S/C22H22Si/c1-3-7-21-17(5-1)9-11-19(21)13-15-23-16-14-20-12-10-18-6-2-4-8-22(18)20/h1-12,19-20H,13-16H2. The fourth-order valence-corrected chi connectivity index (χ4v) is 5.07. The molecule has 0 bridgehead atoms. The quantitative estimate of drug-likeness (QED) is 0.458. The van der Waals surface area contributed by atoms with Crippen molar-refractivity contribution in [3.8, 4) is 0 Å². The molecule has 114 valence electrons. The lowest BCUT2D eigenvalue weighted by atomic mass is 9.98. The molecular formula is C22H22Si. The summed E-state index contributed by atoms with van der Waals surface area (Å²) in [6.07, 6.45) is 12.0. The van der Waals surface area contributed by atoms with Crippen LogP contribution in [-0.4, -0.2) is 9.52 Å². The molecular weight excluding hydrogens is 292 g/mol. The maximum absolute atomic E-state index is 2.39. The second kappa shape index (κ2) is 6.72. The molecule has 0 nitrogen and oxygen atoms in total. The third kappa shape index (κ3) is 3.11. The van der Waals surface area contributed by atoms with Gasteiger partial charge in [0, 0.05) is 21.4 Å². The Morgan fingerprint density at radius 2 is 1.13 bits per heavy atom. The van der Waals surface area contributed by atoms with Crippen LogP contribution in [0.15, 0.2) is 60.7 Å². The van der Waals surface area contributed by atoms with Crippen LogP contribution in [0.4, 0.5) is 0 Å². The van der Waals surface area contributed by atoms with Gasteiger partial charge in [0.15, 0.2) is 0 Å². The molecule has 1 heteroatoms. The second-order valence-electron chi connectivity index (χ2n) is 6.52. The van der Waals surface area contributed by atoms with Gasteiger partial charge in [-0.3, -0.25) is 0 Å². The van der Waals surface area contributed by atoms with Crippen LogP contribution in [0.25, 0.3) is 12.2 Å². The van der Waals surface area contributed by atoms with Crippen LogP contribution in [0.1, 0.15) is 46.9 Å². The first-order valence-electron chi connectivity index (χ1n) is 8.67. The van der Waals surface area contributed by atoms with Gasteiger partial charge >= 0.3 is 0 Å². The normalized spacial score (nSPS) is 20.7. The molecule has 0 aliphatic heterocycles. The molecule has 0 aromatic heterocycles. The zero-order valence-electron chi connectivity index (χ0n) is 13.4. The van der Waals surface area contributed by atoms with Crippen molar-refractivity contribution < 1.29 is 0 Å². The Hall–Kier alpha value is -1.86. The van der Waals surface area contributed by atoms with E-state index in [1.54, 1.807) is 0 Å². The average molecular weight is 315 g/mol. The van der Waals surface area contributed by atoms with Gasteiger partial charge in [0.1, 0.15) is 0 Å². The van der Waals surface area contributed by atoms with Crippen LogP contribution >= 0.6 is 0 Å². The first-order valence-corrected chi connectivity index (χ1v) is 10.1. The molecule has 0 spiro atoms. The molecule has 2 aliphatic rings. The van der Waals surface area contributed by atoms with Crippen LogP contribution in [0.5, 0.6) is 0 Å². The first-order chi connectivity index (χ1) is 11.4. The maximum Gasteiger partial charge on any atom is 0.0378 e. The molecule has 4 rings (SSSR count). The summed E-state index contributed by atoms with van der Waals surface area (Å²) in [5, 5.41) is 0. The highest BCUT2D eigenvalue weighted by Crippen LogP contribution is 2.35. The van der Waals surface area contributed by atoms with Crippen molar-refractivity contribution >= 4 is 21.7 Å². The number of rotatable bonds is 6. The molecule has 0 heterocycles. The zero-order chi connectivity index (χ0) is 15.5. The molecule has 0 fully saturated rings. The van der Waals surface area contributed by atoms with E-state index in [2.05, 4.69) is 72.8 Å². The highest BCUT2D eigenvalue weighted by atomic mass is 28.2. The van der Waals surface area contributed by atoms with Gasteiger partial charge in [0.05, 0.1) is 0 Å². The molecule has 2 aliphatic carbocycles. The van der Waals surface area contributed by atoms with Crippen molar-refractivity contribution in [3.05, 3.63) is 82.9 Å². The van der Waals surface area contributed by atoms with Gasteiger partial charge in [-0.25, -0.2) is 0 Å². The van der Waals surface area contributed by atoms with Crippen molar-refractivity contribution in [1.82, 2.24) is 0 Å². The lowest BCUT2D eigenvalue weighted by Gasteiger charge is -2.12. The number of benzene rings is 2. The third-order valence-electron chi connectivity index (χ3n) is 5.07. The second-order valence-corrected chi connectivity index (χ2v) is 8.02.